The number of benzene rings is 3. The summed E-state index contributed by atoms with van der Waals surface area (Å²) in [5, 5.41) is 1.61. The minimum atomic E-state index is -0.364. The lowest BCUT2D eigenvalue weighted by molar-refractivity contribution is 0.0601. The average Bonchev–Trinajstić information content (AvgIpc) is 3.04. The molecule has 0 aliphatic heterocycles. The van der Waals surface area contributed by atoms with E-state index in [0.29, 0.717) is 17.0 Å². The van der Waals surface area contributed by atoms with E-state index in [1.54, 1.807) is 12.1 Å². The Morgan fingerprint density at radius 3 is 2.50 bits per heavy atom. The molecule has 0 radical (unpaired) electrons. The monoisotopic (exact) mass is 390 g/mol. The molecule has 0 saturated heterocycles. The molecular formula is C24H19ClO3. The number of halogens is 1. The van der Waals surface area contributed by atoms with E-state index < -0.39 is 0 Å². The van der Waals surface area contributed by atoms with Crippen LogP contribution in [0.1, 0.15) is 27.2 Å². The Morgan fingerprint density at radius 1 is 1.00 bits per heavy atom. The molecule has 1 aromatic heterocycles. The van der Waals surface area contributed by atoms with Crippen molar-refractivity contribution < 1.29 is 13.9 Å². The minimum Gasteiger partial charge on any atom is -0.465 e. The van der Waals surface area contributed by atoms with Gasteiger partial charge in [0.05, 0.1) is 12.7 Å². The van der Waals surface area contributed by atoms with Crippen LogP contribution in [0.3, 0.4) is 0 Å². The van der Waals surface area contributed by atoms with Crippen LogP contribution in [0, 0.1) is 6.92 Å². The number of esters is 1. The third-order valence-electron chi connectivity index (χ3n) is 4.94. The number of aryl methyl sites for hydroxylation is 1. The van der Waals surface area contributed by atoms with E-state index in [-0.39, 0.29) is 5.97 Å². The highest BCUT2D eigenvalue weighted by Crippen LogP contribution is 2.32. The molecular weight excluding hydrogens is 372 g/mol. The maximum absolute atomic E-state index is 11.9. The van der Waals surface area contributed by atoms with Crippen LogP contribution in [0.15, 0.2) is 71.1 Å². The summed E-state index contributed by atoms with van der Waals surface area (Å²) in [5.41, 5.74) is 5.49. The van der Waals surface area contributed by atoms with Gasteiger partial charge in [-0.1, -0.05) is 54.1 Å². The Labute approximate surface area is 168 Å². The van der Waals surface area contributed by atoms with Crippen LogP contribution in [-0.2, 0) is 11.2 Å². The van der Waals surface area contributed by atoms with Gasteiger partial charge in [0.25, 0.3) is 0 Å². The van der Waals surface area contributed by atoms with Crippen molar-refractivity contribution in [1.29, 1.82) is 0 Å². The largest absolute Gasteiger partial charge is 0.465 e. The van der Waals surface area contributed by atoms with Crippen molar-refractivity contribution in [1.82, 2.24) is 0 Å². The van der Waals surface area contributed by atoms with E-state index >= 15 is 0 Å². The first-order valence-corrected chi connectivity index (χ1v) is 9.39. The van der Waals surface area contributed by atoms with Crippen LogP contribution < -0.4 is 0 Å². The van der Waals surface area contributed by atoms with Gasteiger partial charge in [-0.25, -0.2) is 4.79 Å². The molecule has 3 aromatic carbocycles. The van der Waals surface area contributed by atoms with Crippen LogP contribution in [0.2, 0.25) is 5.02 Å². The van der Waals surface area contributed by atoms with E-state index in [2.05, 4.69) is 18.2 Å². The molecule has 28 heavy (non-hydrogen) atoms. The zero-order chi connectivity index (χ0) is 19.7. The summed E-state index contributed by atoms with van der Waals surface area (Å²) in [4.78, 5) is 11.9. The van der Waals surface area contributed by atoms with E-state index in [4.69, 9.17) is 20.8 Å². The summed E-state index contributed by atoms with van der Waals surface area (Å²) in [6.07, 6.45) is 0.622. The van der Waals surface area contributed by atoms with Crippen molar-refractivity contribution in [3.63, 3.8) is 0 Å². The molecule has 0 spiro atoms. The number of hydrogen-bond acceptors (Lipinski definition) is 3. The third-order valence-corrected chi connectivity index (χ3v) is 5.29. The van der Waals surface area contributed by atoms with E-state index in [1.165, 1.54) is 7.11 Å². The number of ether oxygens (including phenoxy) is 1. The number of carbonyl (C=O) groups is 1. The number of methoxy groups -OCH3 is 1. The zero-order valence-electron chi connectivity index (χ0n) is 15.7. The predicted octanol–water partition coefficient (Wildman–Crippen LogP) is 6.44. The molecule has 4 rings (SSSR count). The standard InChI is InChI=1S/C24H19ClO3/c1-15-20(21-13-19(24(26)27-2)10-11-23(21)28-15)12-18-9-8-17(14-22(18)25)16-6-4-3-5-7-16/h3-11,13-14H,12H2,1-2H3. The molecule has 140 valence electrons. The summed E-state index contributed by atoms with van der Waals surface area (Å²) in [5.74, 6) is 0.456. The Hall–Kier alpha value is -3.04. The SMILES string of the molecule is COC(=O)c1ccc2oc(C)c(Cc3ccc(-c4ccccc4)cc3Cl)c2c1. The quantitative estimate of drug-likeness (QED) is 0.376. The van der Waals surface area contributed by atoms with E-state index in [9.17, 15) is 4.79 Å². The number of rotatable bonds is 4. The molecule has 4 aromatic rings. The first-order valence-electron chi connectivity index (χ1n) is 9.01. The number of carbonyl (C=O) groups excluding carboxylic acids is 1. The van der Waals surface area contributed by atoms with Gasteiger partial charge in [-0.3, -0.25) is 0 Å². The van der Waals surface area contributed by atoms with Gasteiger partial charge in [0.15, 0.2) is 0 Å². The number of hydrogen-bond donors (Lipinski definition) is 0. The number of fused-ring (bicyclic) bond motifs is 1. The van der Waals surface area contributed by atoms with Gasteiger partial charge >= 0.3 is 5.97 Å². The molecule has 0 atom stereocenters. The fourth-order valence-corrected chi connectivity index (χ4v) is 3.67. The second-order valence-corrected chi connectivity index (χ2v) is 7.10. The zero-order valence-corrected chi connectivity index (χ0v) is 16.4. The van der Waals surface area contributed by atoms with Crippen LogP contribution in [0.5, 0.6) is 0 Å². The Bertz CT molecular complexity index is 1160. The molecule has 3 nitrogen and oxygen atoms in total. The van der Waals surface area contributed by atoms with Crippen molar-refractivity contribution in [3.05, 3.63) is 94.2 Å². The summed E-state index contributed by atoms with van der Waals surface area (Å²) < 4.78 is 10.7. The van der Waals surface area contributed by atoms with E-state index in [1.807, 2.05) is 43.3 Å². The lowest BCUT2D eigenvalue weighted by atomic mass is 9.98. The van der Waals surface area contributed by atoms with Crippen molar-refractivity contribution in [2.45, 2.75) is 13.3 Å². The summed E-state index contributed by atoms with van der Waals surface area (Å²) in [6, 6.07) is 21.6. The third kappa shape index (κ3) is 3.41. The molecule has 0 saturated carbocycles. The van der Waals surface area contributed by atoms with Crippen LogP contribution in [0.4, 0.5) is 0 Å². The Balaban J connectivity index is 1.72. The van der Waals surface area contributed by atoms with Gasteiger partial charge < -0.3 is 9.15 Å². The minimum absolute atomic E-state index is 0.364. The first kappa shape index (κ1) is 18.3. The van der Waals surface area contributed by atoms with Crippen molar-refractivity contribution in [2.75, 3.05) is 7.11 Å². The van der Waals surface area contributed by atoms with Crippen LogP contribution in [0.25, 0.3) is 22.1 Å². The van der Waals surface area contributed by atoms with Gasteiger partial charge in [-0.05, 0) is 47.9 Å². The molecule has 4 heteroatoms. The molecule has 0 N–H and O–H groups in total. The van der Waals surface area contributed by atoms with Gasteiger partial charge in [-0.15, -0.1) is 0 Å². The molecule has 0 aliphatic carbocycles. The van der Waals surface area contributed by atoms with Crippen LogP contribution in [-0.4, -0.2) is 13.1 Å². The molecule has 0 aliphatic rings. The fourth-order valence-electron chi connectivity index (χ4n) is 3.43. The summed E-state index contributed by atoms with van der Waals surface area (Å²) in [7, 11) is 1.38. The normalized spacial score (nSPS) is 11.0. The molecule has 0 amide bonds. The Kier molecular flexibility index (Phi) is 4.93. The smallest absolute Gasteiger partial charge is 0.337 e. The Morgan fingerprint density at radius 2 is 1.79 bits per heavy atom. The summed E-state index contributed by atoms with van der Waals surface area (Å²) in [6.45, 7) is 1.93. The van der Waals surface area contributed by atoms with Gasteiger partial charge in [0, 0.05) is 22.4 Å². The van der Waals surface area contributed by atoms with Gasteiger partial charge in [-0.2, -0.15) is 0 Å². The lowest BCUT2D eigenvalue weighted by Crippen LogP contribution is -2.00. The van der Waals surface area contributed by atoms with Crippen LogP contribution >= 0.6 is 11.6 Å². The molecule has 0 unspecified atom stereocenters. The second kappa shape index (κ2) is 7.53. The van der Waals surface area contributed by atoms with Gasteiger partial charge in [0.2, 0.25) is 0 Å². The fraction of sp³-hybridized carbons (Fsp3) is 0.125. The molecule has 1 heterocycles. The van der Waals surface area contributed by atoms with Crippen molar-refractivity contribution in [3.8, 4) is 11.1 Å². The van der Waals surface area contributed by atoms with Crippen molar-refractivity contribution >= 4 is 28.5 Å². The summed E-state index contributed by atoms with van der Waals surface area (Å²) >= 11 is 6.60. The average molecular weight is 391 g/mol. The first-order chi connectivity index (χ1) is 13.6. The number of furan rings is 1. The van der Waals surface area contributed by atoms with Gasteiger partial charge in [0.1, 0.15) is 11.3 Å². The highest BCUT2D eigenvalue weighted by atomic mass is 35.5. The highest BCUT2D eigenvalue weighted by Gasteiger charge is 2.16. The lowest BCUT2D eigenvalue weighted by Gasteiger charge is -2.08. The van der Waals surface area contributed by atoms with E-state index in [0.717, 1.165) is 39.0 Å². The van der Waals surface area contributed by atoms with Crippen molar-refractivity contribution in [2.24, 2.45) is 0 Å². The highest BCUT2D eigenvalue weighted by molar-refractivity contribution is 6.31. The topological polar surface area (TPSA) is 39.4 Å². The maximum atomic E-state index is 11.9. The second-order valence-electron chi connectivity index (χ2n) is 6.69. The molecule has 0 fully saturated rings. The molecule has 0 bridgehead atoms. The predicted molar refractivity (Wildman–Crippen MR) is 112 cm³/mol. The maximum Gasteiger partial charge on any atom is 0.337 e.